The molecular weight excluding hydrogens is 200 g/mol. The molecule has 90 valence electrons. The van der Waals surface area contributed by atoms with E-state index >= 15 is 0 Å². The van der Waals surface area contributed by atoms with Crippen molar-refractivity contribution in [3.8, 4) is 0 Å². The van der Waals surface area contributed by atoms with Gasteiger partial charge in [-0.15, -0.1) is 10.2 Å². The fourth-order valence-electron chi connectivity index (χ4n) is 2.07. The number of aromatic nitrogens is 3. The molecular formula is C12H22N4. The Labute approximate surface area is 97.5 Å². The molecule has 1 aromatic rings. The summed E-state index contributed by atoms with van der Waals surface area (Å²) in [6, 6.07) is 0. The minimum atomic E-state index is 0.740. The molecule has 2 rings (SSSR count). The summed E-state index contributed by atoms with van der Waals surface area (Å²) in [5.41, 5.74) is 0. The van der Waals surface area contributed by atoms with Crippen LogP contribution >= 0.6 is 0 Å². The van der Waals surface area contributed by atoms with Crippen LogP contribution in [0, 0.1) is 5.92 Å². The maximum absolute atomic E-state index is 4.27. The largest absolute Gasteiger partial charge is 0.314 e. The minimum absolute atomic E-state index is 0.740. The fourth-order valence-corrected chi connectivity index (χ4v) is 2.07. The van der Waals surface area contributed by atoms with E-state index in [1.807, 2.05) is 0 Å². The molecule has 2 heterocycles. The molecule has 0 bridgehead atoms. The monoisotopic (exact) mass is 222 g/mol. The van der Waals surface area contributed by atoms with Gasteiger partial charge >= 0.3 is 0 Å². The summed E-state index contributed by atoms with van der Waals surface area (Å²) in [7, 11) is 0. The third kappa shape index (κ3) is 2.61. The van der Waals surface area contributed by atoms with Crippen LogP contribution in [-0.4, -0.2) is 21.3 Å². The number of hydrogen-bond acceptors (Lipinski definition) is 3. The zero-order valence-corrected chi connectivity index (χ0v) is 10.4. The standard InChI is InChI=1S/C12H22N4/c1-3-10(2)8-13-9-12-15-14-11-6-4-5-7-16(11)12/h10,13H,3-9H2,1-2H3. The fraction of sp³-hybridized carbons (Fsp3) is 0.833. The number of nitrogens with zero attached hydrogens (tertiary/aromatic N) is 3. The van der Waals surface area contributed by atoms with Gasteiger partial charge < -0.3 is 9.88 Å². The van der Waals surface area contributed by atoms with Crippen LogP contribution in [0.3, 0.4) is 0 Å². The molecule has 0 saturated heterocycles. The second-order valence-corrected chi connectivity index (χ2v) is 4.79. The molecule has 0 saturated carbocycles. The Morgan fingerprint density at radius 2 is 2.25 bits per heavy atom. The maximum Gasteiger partial charge on any atom is 0.147 e. The molecule has 0 aliphatic carbocycles. The first kappa shape index (κ1) is 11.6. The number of nitrogens with one attached hydrogen (secondary N) is 1. The average molecular weight is 222 g/mol. The summed E-state index contributed by atoms with van der Waals surface area (Å²) in [5.74, 6) is 3.02. The highest BCUT2D eigenvalue weighted by Crippen LogP contribution is 2.13. The highest BCUT2D eigenvalue weighted by Gasteiger charge is 2.15. The van der Waals surface area contributed by atoms with Crippen LogP contribution in [0.5, 0.6) is 0 Å². The highest BCUT2D eigenvalue weighted by atomic mass is 15.3. The number of aryl methyl sites for hydroxylation is 1. The van der Waals surface area contributed by atoms with Crippen LogP contribution in [0.25, 0.3) is 0 Å². The molecule has 4 nitrogen and oxygen atoms in total. The molecule has 1 aliphatic rings. The highest BCUT2D eigenvalue weighted by molar-refractivity contribution is 4.98. The lowest BCUT2D eigenvalue weighted by atomic mass is 10.1. The predicted octanol–water partition coefficient (Wildman–Crippen LogP) is 1.75. The zero-order chi connectivity index (χ0) is 11.4. The van der Waals surface area contributed by atoms with Gasteiger partial charge in [0.15, 0.2) is 0 Å². The van der Waals surface area contributed by atoms with E-state index in [2.05, 4.69) is 33.9 Å². The van der Waals surface area contributed by atoms with Crippen molar-refractivity contribution in [3.05, 3.63) is 11.6 Å². The van der Waals surface area contributed by atoms with Crippen molar-refractivity contribution in [2.45, 2.75) is 52.6 Å². The Hall–Kier alpha value is -0.900. The van der Waals surface area contributed by atoms with E-state index in [1.165, 1.54) is 25.1 Å². The first-order valence-electron chi connectivity index (χ1n) is 6.43. The smallest absolute Gasteiger partial charge is 0.147 e. The summed E-state index contributed by atoms with van der Waals surface area (Å²) < 4.78 is 2.28. The van der Waals surface area contributed by atoms with E-state index < -0.39 is 0 Å². The van der Waals surface area contributed by atoms with Gasteiger partial charge in [-0.3, -0.25) is 0 Å². The average Bonchev–Trinajstić information content (AvgIpc) is 2.73. The van der Waals surface area contributed by atoms with Crippen LogP contribution in [-0.2, 0) is 19.5 Å². The van der Waals surface area contributed by atoms with Crippen molar-refractivity contribution in [1.29, 1.82) is 0 Å². The normalized spacial score (nSPS) is 17.1. The first-order valence-corrected chi connectivity index (χ1v) is 6.43. The Morgan fingerprint density at radius 3 is 3.06 bits per heavy atom. The third-order valence-corrected chi connectivity index (χ3v) is 3.41. The summed E-state index contributed by atoms with van der Waals surface area (Å²) in [6.07, 6.45) is 4.85. The Bertz CT molecular complexity index is 332. The lowest BCUT2D eigenvalue weighted by Crippen LogP contribution is -2.23. The molecule has 1 atom stereocenters. The van der Waals surface area contributed by atoms with Crippen molar-refractivity contribution in [3.63, 3.8) is 0 Å². The van der Waals surface area contributed by atoms with Gasteiger partial charge in [-0.25, -0.2) is 0 Å². The Morgan fingerprint density at radius 1 is 1.38 bits per heavy atom. The summed E-state index contributed by atoms with van der Waals surface area (Å²) in [6.45, 7) is 7.52. The molecule has 0 spiro atoms. The molecule has 0 fully saturated rings. The molecule has 1 aromatic heterocycles. The van der Waals surface area contributed by atoms with Crippen LogP contribution in [0.15, 0.2) is 0 Å². The Balaban J connectivity index is 1.87. The second-order valence-electron chi connectivity index (χ2n) is 4.79. The van der Waals surface area contributed by atoms with Crippen molar-refractivity contribution in [2.24, 2.45) is 5.92 Å². The summed E-state index contributed by atoms with van der Waals surface area (Å²) in [5, 5.41) is 12.0. The molecule has 0 amide bonds. The van der Waals surface area contributed by atoms with Gasteiger partial charge in [-0.2, -0.15) is 0 Å². The third-order valence-electron chi connectivity index (χ3n) is 3.41. The quantitative estimate of drug-likeness (QED) is 0.825. The van der Waals surface area contributed by atoms with Gasteiger partial charge in [0.2, 0.25) is 0 Å². The van der Waals surface area contributed by atoms with E-state index in [4.69, 9.17) is 0 Å². The van der Waals surface area contributed by atoms with Crippen LogP contribution in [0.2, 0.25) is 0 Å². The molecule has 1 N–H and O–H groups in total. The van der Waals surface area contributed by atoms with Crippen LogP contribution in [0.1, 0.15) is 44.8 Å². The van der Waals surface area contributed by atoms with Gasteiger partial charge in [-0.05, 0) is 25.3 Å². The van der Waals surface area contributed by atoms with Gasteiger partial charge in [-0.1, -0.05) is 20.3 Å². The van der Waals surface area contributed by atoms with Crippen molar-refractivity contribution in [2.75, 3.05) is 6.54 Å². The number of fused-ring (bicyclic) bond motifs is 1. The Kier molecular flexibility index (Phi) is 3.93. The van der Waals surface area contributed by atoms with E-state index in [9.17, 15) is 0 Å². The number of rotatable bonds is 5. The lowest BCUT2D eigenvalue weighted by Gasteiger charge is -2.15. The molecule has 4 heteroatoms. The van der Waals surface area contributed by atoms with Gasteiger partial charge in [0.1, 0.15) is 11.6 Å². The molecule has 0 aromatic carbocycles. The van der Waals surface area contributed by atoms with E-state index in [1.54, 1.807) is 0 Å². The first-order chi connectivity index (χ1) is 7.81. The van der Waals surface area contributed by atoms with Gasteiger partial charge in [0.25, 0.3) is 0 Å². The topological polar surface area (TPSA) is 42.7 Å². The SMILES string of the molecule is CCC(C)CNCc1nnc2n1CCCC2. The zero-order valence-electron chi connectivity index (χ0n) is 10.4. The van der Waals surface area contributed by atoms with Crippen LogP contribution in [0.4, 0.5) is 0 Å². The van der Waals surface area contributed by atoms with Crippen molar-refractivity contribution < 1.29 is 0 Å². The maximum atomic E-state index is 4.27. The summed E-state index contributed by atoms with van der Waals surface area (Å²) in [4.78, 5) is 0. The van der Waals surface area contributed by atoms with Crippen molar-refractivity contribution >= 4 is 0 Å². The molecule has 16 heavy (non-hydrogen) atoms. The predicted molar refractivity (Wildman–Crippen MR) is 64.1 cm³/mol. The molecule has 0 radical (unpaired) electrons. The van der Waals surface area contributed by atoms with Gasteiger partial charge in [0, 0.05) is 13.0 Å². The van der Waals surface area contributed by atoms with Gasteiger partial charge in [0.05, 0.1) is 6.54 Å². The van der Waals surface area contributed by atoms with E-state index in [0.717, 1.165) is 37.8 Å². The van der Waals surface area contributed by atoms with Crippen molar-refractivity contribution in [1.82, 2.24) is 20.1 Å². The number of hydrogen-bond donors (Lipinski definition) is 1. The van der Waals surface area contributed by atoms with E-state index in [0.29, 0.717) is 0 Å². The summed E-state index contributed by atoms with van der Waals surface area (Å²) >= 11 is 0. The molecule has 1 aliphatic heterocycles. The van der Waals surface area contributed by atoms with E-state index in [-0.39, 0.29) is 0 Å². The lowest BCUT2D eigenvalue weighted by molar-refractivity contribution is 0.468. The van der Waals surface area contributed by atoms with Crippen LogP contribution < -0.4 is 5.32 Å². The minimum Gasteiger partial charge on any atom is -0.314 e. The second kappa shape index (κ2) is 5.43. The molecule has 1 unspecified atom stereocenters.